The molecule has 4 aliphatic rings. The van der Waals surface area contributed by atoms with E-state index in [1.807, 2.05) is 0 Å². The summed E-state index contributed by atoms with van der Waals surface area (Å²) in [7, 11) is 0. The molecule has 27 heavy (non-hydrogen) atoms. The van der Waals surface area contributed by atoms with Gasteiger partial charge >= 0.3 is 5.97 Å². The first-order valence-electron chi connectivity index (χ1n) is 10.5. The van der Waals surface area contributed by atoms with Crippen LogP contribution in [-0.2, 0) is 9.59 Å². The number of carbonyl (C=O) groups is 2. The minimum Gasteiger partial charge on any atom is -0.481 e. The van der Waals surface area contributed by atoms with Crippen LogP contribution in [0.2, 0.25) is 0 Å². The lowest BCUT2D eigenvalue weighted by atomic mass is 9.44. The lowest BCUT2D eigenvalue weighted by Crippen LogP contribution is -2.64. The Balaban J connectivity index is 1.67. The maximum atomic E-state index is 12.0. The molecule has 150 valence electrons. The van der Waals surface area contributed by atoms with Crippen molar-refractivity contribution in [3.63, 3.8) is 0 Å². The average Bonchev–Trinajstić information content (AvgIpc) is 2.87. The molecule has 3 fully saturated rings. The van der Waals surface area contributed by atoms with Crippen molar-refractivity contribution in [2.24, 2.45) is 22.7 Å². The Morgan fingerprint density at radius 3 is 2.52 bits per heavy atom. The molecule has 0 spiro atoms. The smallest absolute Gasteiger partial charge is 0.303 e. The third-order valence-corrected chi connectivity index (χ3v) is 9.22. The number of carboxylic acids is 1. The lowest BCUT2D eigenvalue weighted by molar-refractivity contribution is -0.211. The van der Waals surface area contributed by atoms with Crippen LogP contribution in [0.5, 0.6) is 0 Å². The summed E-state index contributed by atoms with van der Waals surface area (Å²) in [5, 5.41) is 32.4. The van der Waals surface area contributed by atoms with Gasteiger partial charge in [-0.25, -0.2) is 0 Å². The number of aliphatic carboxylic acids is 1. The number of hydrogen-bond acceptors (Lipinski definition) is 4. The maximum Gasteiger partial charge on any atom is 0.303 e. The molecular formula is C22H32O5. The highest BCUT2D eigenvalue weighted by atomic mass is 16.4. The molecule has 4 rings (SSSR count). The molecule has 0 bridgehead atoms. The van der Waals surface area contributed by atoms with Crippen LogP contribution in [-0.4, -0.2) is 38.3 Å². The number of ketones is 1. The van der Waals surface area contributed by atoms with Gasteiger partial charge in [0, 0.05) is 18.3 Å². The van der Waals surface area contributed by atoms with E-state index in [-0.39, 0.29) is 41.3 Å². The van der Waals surface area contributed by atoms with Crippen LogP contribution in [0.15, 0.2) is 11.6 Å². The molecule has 0 aliphatic heterocycles. The number of aliphatic hydroxyl groups is 2. The van der Waals surface area contributed by atoms with Gasteiger partial charge in [0.25, 0.3) is 0 Å². The Bertz CT molecular complexity index is 713. The third-order valence-electron chi connectivity index (χ3n) is 9.22. The Kier molecular flexibility index (Phi) is 4.18. The Morgan fingerprint density at radius 1 is 1.07 bits per heavy atom. The Labute approximate surface area is 160 Å². The summed E-state index contributed by atoms with van der Waals surface area (Å²) >= 11 is 0. The van der Waals surface area contributed by atoms with Gasteiger partial charge in [0.05, 0.1) is 11.2 Å². The first-order chi connectivity index (χ1) is 12.6. The van der Waals surface area contributed by atoms with Gasteiger partial charge in [-0.1, -0.05) is 19.4 Å². The summed E-state index contributed by atoms with van der Waals surface area (Å²) in [4.78, 5) is 23.0. The standard InChI is InChI=1S/C22H32O5/c1-19-8-5-15(23)13-14(19)3-4-17-16-6-9-21(26,10-7-18(24)25)20(16,2)11-12-22(17,19)27/h13,16-17,26-27H,3-12H2,1-2H3,(H,24,25)/t16-,17-,19-,20-,21-,22+/m0/s1. The molecule has 0 aromatic heterocycles. The molecular weight excluding hydrogens is 344 g/mol. The summed E-state index contributed by atoms with van der Waals surface area (Å²) in [6.45, 7) is 4.25. The summed E-state index contributed by atoms with van der Waals surface area (Å²) in [6, 6.07) is 0. The van der Waals surface area contributed by atoms with Crippen LogP contribution >= 0.6 is 0 Å². The molecule has 0 heterocycles. The van der Waals surface area contributed by atoms with E-state index in [0.717, 1.165) is 24.8 Å². The van der Waals surface area contributed by atoms with Crippen molar-refractivity contribution in [2.45, 2.75) is 89.3 Å². The van der Waals surface area contributed by atoms with Crippen LogP contribution in [0.4, 0.5) is 0 Å². The van der Waals surface area contributed by atoms with E-state index >= 15 is 0 Å². The SMILES string of the molecule is C[C@]12CCC(=O)C=C1CC[C@H]1[C@@H]3CC[C@](O)(CCC(=O)O)[C@@]3(C)CC[C@@]12O. The third kappa shape index (κ3) is 2.43. The first-order valence-corrected chi connectivity index (χ1v) is 10.5. The molecule has 5 heteroatoms. The zero-order chi connectivity index (χ0) is 19.7. The molecule has 6 atom stereocenters. The average molecular weight is 376 g/mol. The Hall–Kier alpha value is -1.20. The van der Waals surface area contributed by atoms with E-state index in [4.69, 9.17) is 5.11 Å². The van der Waals surface area contributed by atoms with E-state index in [1.54, 1.807) is 6.08 Å². The first kappa shape index (κ1) is 19.1. The van der Waals surface area contributed by atoms with Crippen LogP contribution in [0, 0.1) is 22.7 Å². The van der Waals surface area contributed by atoms with Gasteiger partial charge in [0.1, 0.15) is 0 Å². The molecule has 0 radical (unpaired) electrons. The summed E-state index contributed by atoms with van der Waals surface area (Å²) in [5.74, 6) is -0.389. The summed E-state index contributed by atoms with van der Waals surface area (Å²) in [6.07, 6.45) is 7.73. The van der Waals surface area contributed by atoms with Crippen molar-refractivity contribution in [3.05, 3.63) is 11.6 Å². The predicted octanol–water partition coefficient (Wildman–Crippen LogP) is 3.23. The van der Waals surface area contributed by atoms with Gasteiger partial charge in [-0.2, -0.15) is 0 Å². The largest absolute Gasteiger partial charge is 0.481 e. The summed E-state index contributed by atoms with van der Waals surface area (Å²) in [5.41, 5.74) is -1.38. The van der Waals surface area contributed by atoms with Gasteiger partial charge in [-0.15, -0.1) is 0 Å². The van der Waals surface area contributed by atoms with E-state index in [0.29, 0.717) is 32.1 Å². The fourth-order valence-electron chi connectivity index (χ4n) is 7.34. The predicted molar refractivity (Wildman–Crippen MR) is 100.0 cm³/mol. The van der Waals surface area contributed by atoms with E-state index < -0.39 is 17.2 Å². The second kappa shape index (κ2) is 5.90. The molecule has 0 saturated heterocycles. The molecule has 5 nitrogen and oxygen atoms in total. The normalized spacial score (nSPS) is 49.0. The maximum absolute atomic E-state index is 12.0. The number of carbonyl (C=O) groups excluding carboxylic acids is 1. The highest BCUT2D eigenvalue weighted by Crippen LogP contribution is 2.69. The highest BCUT2D eigenvalue weighted by Gasteiger charge is 2.68. The van der Waals surface area contributed by atoms with Crippen molar-refractivity contribution in [2.75, 3.05) is 0 Å². The van der Waals surface area contributed by atoms with Gasteiger partial charge in [-0.05, 0) is 74.7 Å². The number of rotatable bonds is 3. The number of fused-ring (bicyclic) bond motifs is 5. The van der Waals surface area contributed by atoms with Crippen LogP contribution in [0.25, 0.3) is 0 Å². The van der Waals surface area contributed by atoms with Crippen LogP contribution in [0.1, 0.15) is 78.1 Å². The number of hydrogen-bond donors (Lipinski definition) is 3. The minimum absolute atomic E-state index is 0.0134. The van der Waals surface area contributed by atoms with Crippen molar-refractivity contribution < 1.29 is 24.9 Å². The fourth-order valence-corrected chi connectivity index (χ4v) is 7.34. The van der Waals surface area contributed by atoms with Crippen LogP contribution in [0.3, 0.4) is 0 Å². The summed E-state index contributed by atoms with van der Waals surface area (Å²) < 4.78 is 0. The van der Waals surface area contributed by atoms with Gasteiger partial charge in [-0.3, -0.25) is 9.59 Å². The van der Waals surface area contributed by atoms with Gasteiger partial charge in [0.15, 0.2) is 5.78 Å². The van der Waals surface area contributed by atoms with Crippen molar-refractivity contribution >= 4 is 11.8 Å². The molecule has 3 saturated carbocycles. The van der Waals surface area contributed by atoms with Crippen molar-refractivity contribution in [1.82, 2.24) is 0 Å². The van der Waals surface area contributed by atoms with Crippen molar-refractivity contribution in [1.29, 1.82) is 0 Å². The quantitative estimate of drug-likeness (QED) is 0.703. The van der Waals surface area contributed by atoms with E-state index in [9.17, 15) is 19.8 Å². The van der Waals surface area contributed by atoms with E-state index in [1.165, 1.54) is 0 Å². The zero-order valence-corrected chi connectivity index (χ0v) is 16.5. The highest BCUT2D eigenvalue weighted by molar-refractivity contribution is 5.91. The zero-order valence-electron chi connectivity index (χ0n) is 16.5. The molecule has 0 amide bonds. The topological polar surface area (TPSA) is 94.8 Å². The molecule has 0 unspecified atom stereocenters. The van der Waals surface area contributed by atoms with Gasteiger partial charge < -0.3 is 15.3 Å². The second-order valence-electron chi connectivity index (χ2n) is 10.0. The van der Waals surface area contributed by atoms with Crippen LogP contribution < -0.4 is 0 Å². The second-order valence-corrected chi connectivity index (χ2v) is 10.0. The van der Waals surface area contributed by atoms with E-state index in [2.05, 4.69) is 13.8 Å². The molecule has 0 aromatic rings. The lowest BCUT2D eigenvalue weighted by Gasteiger charge is -2.63. The Morgan fingerprint density at radius 2 is 1.81 bits per heavy atom. The minimum atomic E-state index is -0.961. The molecule has 3 N–H and O–H groups in total. The van der Waals surface area contributed by atoms with Crippen molar-refractivity contribution in [3.8, 4) is 0 Å². The monoisotopic (exact) mass is 376 g/mol. The van der Waals surface area contributed by atoms with Gasteiger partial charge in [0.2, 0.25) is 0 Å². The number of carboxylic acid groups (broad SMARTS) is 1. The molecule has 4 aliphatic carbocycles. The molecule has 0 aromatic carbocycles. The fraction of sp³-hybridized carbons (Fsp3) is 0.818.